The van der Waals surface area contributed by atoms with Gasteiger partial charge in [0.1, 0.15) is 11.5 Å². The number of nitrogens with zero attached hydrogens (tertiary/aromatic N) is 1. The molecule has 0 bridgehead atoms. The Labute approximate surface area is 118 Å². The summed E-state index contributed by atoms with van der Waals surface area (Å²) in [6.07, 6.45) is 2.77. The van der Waals surface area contributed by atoms with Gasteiger partial charge in [-0.25, -0.2) is 0 Å². The van der Waals surface area contributed by atoms with Gasteiger partial charge in [-0.15, -0.1) is 0 Å². The number of methoxy groups -OCH3 is 1. The number of fused-ring (bicyclic) bond motifs is 1. The Kier molecular flexibility index (Phi) is 3.83. The van der Waals surface area contributed by atoms with Crippen LogP contribution in [0.2, 0.25) is 0 Å². The maximum atomic E-state index is 5.69. The molecule has 1 aliphatic heterocycles. The van der Waals surface area contributed by atoms with Crippen LogP contribution >= 0.6 is 0 Å². The third-order valence-electron chi connectivity index (χ3n) is 3.51. The summed E-state index contributed by atoms with van der Waals surface area (Å²) in [6, 6.07) is 12.2. The van der Waals surface area contributed by atoms with Crippen LogP contribution in [0, 0.1) is 0 Å². The highest BCUT2D eigenvalue weighted by atomic mass is 16.5. The topological polar surface area (TPSA) is 43.4 Å². The molecule has 0 fully saturated rings. The van der Waals surface area contributed by atoms with Crippen molar-refractivity contribution in [2.45, 2.75) is 19.0 Å². The number of hydrogen-bond donors (Lipinski definition) is 1. The van der Waals surface area contributed by atoms with Crippen LogP contribution in [0.3, 0.4) is 0 Å². The molecule has 1 unspecified atom stereocenters. The van der Waals surface area contributed by atoms with Crippen molar-refractivity contribution in [2.75, 3.05) is 13.7 Å². The summed E-state index contributed by atoms with van der Waals surface area (Å²) in [5, 5.41) is 3.55. The van der Waals surface area contributed by atoms with Crippen molar-refractivity contribution in [1.82, 2.24) is 10.3 Å². The van der Waals surface area contributed by atoms with Crippen LogP contribution < -0.4 is 14.8 Å². The quantitative estimate of drug-likeness (QED) is 0.927. The van der Waals surface area contributed by atoms with Crippen LogP contribution in [-0.2, 0) is 6.54 Å². The molecule has 3 rings (SSSR count). The fourth-order valence-electron chi connectivity index (χ4n) is 2.44. The third-order valence-corrected chi connectivity index (χ3v) is 3.51. The number of ether oxygens (including phenoxy) is 2. The van der Waals surface area contributed by atoms with E-state index in [1.54, 1.807) is 7.11 Å². The fraction of sp³-hybridized carbons (Fsp3) is 0.312. The van der Waals surface area contributed by atoms with Gasteiger partial charge in [0.05, 0.1) is 19.4 Å². The first-order chi connectivity index (χ1) is 9.86. The molecule has 1 N–H and O–H groups in total. The maximum Gasteiger partial charge on any atom is 0.124 e. The normalized spacial score (nSPS) is 17.1. The molecule has 2 aromatic rings. The Balaban J connectivity index is 1.75. The SMILES string of the molecule is COc1ccc2c(c1)C(NCc1ccccn1)CCO2. The Morgan fingerprint density at radius 3 is 3.10 bits per heavy atom. The van der Waals surface area contributed by atoms with Gasteiger partial charge in [0, 0.05) is 30.8 Å². The number of aromatic nitrogens is 1. The van der Waals surface area contributed by atoms with E-state index in [9.17, 15) is 0 Å². The molecule has 0 spiro atoms. The lowest BCUT2D eigenvalue weighted by atomic mass is 10.00. The summed E-state index contributed by atoms with van der Waals surface area (Å²) < 4.78 is 11.0. The van der Waals surface area contributed by atoms with Gasteiger partial charge in [-0.05, 0) is 30.3 Å². The second kappa shape index (κ2) is 5.92. The Hall–Kier alpha value is -2.07. The zero-order valence-corrected chi connectivity index (χ0v) is 11.5. The Bertz CT molecular complexity index is 572. The minimum atomic E-state index is 0.274. The van der Waals surface area contributed by atoms with Crippen LogP contribution in [0.25, 0.3) is 0 Å². The van der Waals surface area contributed by atoms with Gasteiger partial charge in [-0.2, -0.15) is 0 Å². The highest BCUT2D eigenvalue weighted by Crippen LogP contribution is 2.34. The molecule has 4 nitrogen and oxygen atoms in total. The van der Waals surface area contributed by atoms with Crippen molar-refractivity contribution < 1.29 is 9.47 Å². The molecular formula is C16H18N2O2. The standard InChI is InChI=1S/C16H18N2O2/c1-19-13-5-6-16-14(10-13)15(7-9-20-16)18-11-12-4-2-3-8-17-12/h2-6,8,10,15,18H,7,9,11H2,1H3. The number of nitrogens with one attached hydrogen (secondary N) is 1. The van der Waals surface area contributed by atoms with Crippen LogP contribution in [0.15, 0.2) is 42.6 Å². The van der Waals surface area contributed by atoms with E-state index in [2.05, 4.69) is 10.3 Å². The van der Waals surface area contributed by atoms with Crippen molar-refractivity contribution in [3.05, 3.63) is 53.9 Å². The maximum absolute atomic E-state index is 5.69. The second-order valence-electron chi connectivity index (χ2n) is 4.80. The van der Waals surface area contributed by atoms with E-state index in [0.29, 0.717) is 0 Å². The van der Waals surface area contributed by atoms with Crippen molar-refractivity contribution >= 4 is 0 Å². The molecule has 104 valence electrons. The van der Waals surface area contributed by atoms with E-state index in [1.165, 1.54) is 0 Å². The van der Waals surface area contributed by atoms with Gasteiger partial charge in [0.2, 0.25) is 0 Å². The van der Waals surface area contributed by atoms with E-state index >= 15 is 0 Å². The third kappa shape index (κ3) is 2.75. The van der Waals surface area contributed by atoms with Crippen molar-refractivity contribution in [3.8, 4) is 11.5 Å². The molecular weight excluding hydrogens is 252 g/mol. The van der Waals surface area contributed by atoms with Crippen molar-refractivity contribution in [3.63, 3.8) is 0 Å². The van der Waals surface area contributed by atoms with Crippen LogP contribution in [0.4, 0.5) is 0 Å². The first-order valence-electron chi connectivity index (χ1n) is 6.81. The van der Waals surface area contributed by atoms with E-state index in [0.717, 1.165) is 42.3 Å². The highest BCUT2D eigenvalue weighted by Gasteiger charge is 2.21. The number of pyridine rings is 1. The van der Waals surface area contributed by atoms with Gasteiger partial charge in [-0.3, -0.25) is 4.98 Å². The smallest absolute Gasteiger partial charge is 0.124 e. The molecule has 2 heterocycles. The summed E-state index contributed by atoms with van der Waals surface area (Å²) >= 11 is 0. The van der Waals surface area contributed by atoms with Crippen molar-refractivity contribution in [1.29, 1.82) is 0 Å². The average Bonchev–Trinajstić information content (AvgIpc) is 2.53. The van der Waals surface area contributed by atoms with Crippen LogP contribution in [-0.4, -0.2) is 18.7 Å². The highest BCUT2D eigenvalue weighted by molar-refractivity contribution is 5.43. The molecule has 0 aliphatic carbocycles. The predicted octanol–water partition coefficient (Wildman–Crippen LogP) is 2.70. The zero-order chi connectivity index (χ0) is 13.8. The Morgan fingerprint density at radius 2 is 2.30 bits per heavy atom. The summed E-state index contributed by atoms with van der Waals surface area (Å²) in [5.41, 5.74) is 2.20. The molecule has 1 aromatic carbocycles. The molecule has 1 aliphatic rings. The Morgan fingerprint density at radius 1 is 1.35 bits per heavy atom. The first-order valence-corrected chi connectivity index (χ1v) is 6.81. The number of benzene rings is 1. The number of hydrogen-bond acceptors (Lipinski definition) is 4. The lowest BCUT2D eigenvalue weighted by Gasteiger charge is -2.27. The molecule has 0 saturated carbocycles. The molecule has 0 saturated heterocycles. The van der Waals surface area contributed by atoms with Gasteiger partial charge >= 0.3 is 0 Å². The van der Waals surface area contributed by atoms with Crippen LogP contribution in [0.1, 0.15) is 23.7 Å². The molecule has 4 heteroatoms. The van der Waals surface area contributed by atoms with E-state index in [-0.39, 0.29) is 6.04 Å². The molecule has 0 amide bonds. The summed E-state index contributed by atoms with van der Waals surface area (Å²) in [4.78, 5) is 4.33. The van der Waals surface area contributed by atoms with E-state index < -0.39 is 0 Å². The zero-order valence-electron chi connectivity index (χ0n) is 11.5. The minimum absolute atomic E-state index is 0.274. The first kappa shape index (κ1) is 12.9. The molecule has 20 heavy (non-hydrogen) atoms. The average molecular weight is 270 g/mol. The summed E-state index contributed by atoms with van der Waals surface area (Å²) in [5.74, 6) is 1.80. The second-order valence-corrected chi connectivity index (χ2v) is 4.80. The van der Waals surface area contributed by atoms with E-state index in [1.807, 2.05) is 42.6 Å². The summed E-state index contributed by atoms with van der Waals surface area (Å²) in [7, 11) is 1.68. The number of rotatable bonds is 4. The largest absolute Gasteiger partial charge is 0.497 e. The molecule has 1 atom stereocenters. The minimum Gasteiger partial charge on any atom is -0.497 e. The predicted molar refractivity (Wildman–Crippen MR) is 76.9 cm³/mol. The lowest BCUT2D eigenvalue weighted by Crippen LogP contribution is -2.27. The van der Waals surface area contributed by atoms with E-state index in [4.69, 9.17) is 9.47 Å². The lowest BCUT2D eigenvalue weighted by molar-refractivity contribution is 0.251. The summed E-state index contributed by atoms with van der Waals surface area (Å²) in [6.45, 7) is 1.49. The van der Waals surface area contributed by atoms with Gasteiger partial charge < -0.3 is 14.8 Å². The van der Waals surface area contributed by atoms with Gasteiger partial charge in [-0.1, -0.05) is 6.07 Å². The van der Waals surface area contributed by atoms with Gasteiger partial charge in [0.15, 0.2) is 0 Å². The fourth-order valence-corrected chi connectivity index (χ4v) is 2.44. The van der Waals surface area contributed by atoms with Crippen LogP contribution in [0.5, 0.6) is 11.5 Å². The molecule has 0 radical (unpaired) electrons. The van der Waals surface area contributed by atoms with Crippen molar-refractivity contribution in [2.24, 2.45) is 0 Å². The monoisotopic (exact) mass is 270 g/mol. The van der Waals surface area contributed by atoms with Gasteiger partial charge in [0.25, 0.3) is 0 Å². The molecule has 1 aromatic heterocycles.